The third-order valence-corrected chi connectivity index (χ3v) is 3.73. The molecule has 1 aromatic rings. The first-order valence-electron chi connectivity index (χ1n) is 3.61. The molecule has 0 aromatic carbocycles. The molecule has 1 unspecified atom stereocenters. The molecule has 12 heavy (non-hydrogen) atoms. The zero-order valence-corrected chi connectivity index (χ0v) is 7.08. The lowest BCUT2D eigenvalue weighted by Gasteiger charge is -1.97. The Balaban J connectivity index is 2.21. The summed E-state index contributed by atoms with van der Waals surface area (Å²) in [6.45, 7) is 0. The molecular formula is C5H8N4O2S. The van der Waals surface area contributed by atoms with E-state index in [0.717, 1.165) is 0 Å². The van der Waals surface area contributed by atoms with Crippen LogP contribution in [0, 0.1) is 0 Å². The van der Waals surface area contributed by atoms with Crippen molar-refractivity contribution in [2.24, 2.45) is 0 Å². The maximum Gasteiger partial charge on any atom is 0.178 e. The first kappa shape index (κ1) is 7.66. The number of hydrogen-bond donors (Lipinski definition) is 1. The summed E-state index contributed by atoms with van der Waals surface area (Å²) in [6, 6.07) is 0. The van der Waals surface area contributed by atoms with E-state index < -0.39 is 9.84 Å². The lowest BCUT2D eigenvalue weighted by molar-refractivity contribution is 0.601. The highest BCUT2D eigenvalue weighted by Crippen LogP contribution is 2.25. The van der Waals surface area contributed by atoms with Gasteiger partial charge in [-0.1, -0.05) is 5.21 Å². The van der Waals surface area contributed by atoms with Crippen LogP contribution in [0.5, 0.6) is 0 Å². The number of tetrazole rings is 1. The molecule has 6 nitrogen and oxygen atoms in total. The predicted octanol–water partition coefficient (Wildman–Crippen LogP) is -0.898. The van der Waals surface area contributed by atoms with Gasteiger partial charge >= 0.3 is 0 Å². The fraction of sp³-hybridized carbons (Fsp3) is 0.800. The Labute approximate surface area is 69.3 Å². The SMILES string of the molecule is O=S1(=O)CCC(c2nn[nH]n2)C1. The van der Waals surface area contributed by atoms with Crippen molar-refractivity contribution in [3.63, 3.8) is 0 Å². The molecule has 1 aliphatic heterocycles. The van der Waals surface area contributed by atoms with Crippen LogP contribution in [0.3, 0.4) is 0 Å². The Morgan fingerprint density at radius 3 is 2.83 bits per heavy atom. The van der Waals surface area contributed by atoms with Gasteiger partial charge in [0.05, 0.1) is 11.5 Å². The molecule has 0 radical (unpaired) electrons. The quantitative estimate of drug-likeness (QED) is 0.617. The van der Waals surface area contributed by atoms with E-state index in [1.54, 1.807) is 0 Å². The molecule has 66 valence electrons. The molecule has 1 atom stereocenters. The molecule has 0 aliphatic carbocycles. The van der Waals surface area contributed by atoms with Crippen LogP contribution in [0.25, 0.3) is 0 Å². The second-order valence-corrected chi connectivity index (χ2v) is 5.10. The van der Waals surface area contributed by atoms with E-state index in [-0.39, 0.29) is 17.4 Å². The lowest BCUT2D eigenvalue weighted by atomic mass is 10.1. The summed E-state index contributed by atoms with van der Waals surface area (Å²) in [5, 5.41) is 13.2. The Morgan fingerprint density at radius 1 is 1.50 bits per heavy atom. The summed E-state index contributed by atoms with van der Waals surface area (Å²) in [7, 11) is -2.84. The van der Waals surface area contributed by atoms with Gasteiger partial charge in [0.1, 0.15) is 0 Å². The molecule has 1 N–H and O–H groups in total. The minimum Gasteiger partial charge on any atom is -0.229 e. The van der Waals surface area contributed by atoms with Gasteiger partial charge in [-0.05, 0) is 6.42 Å². The topological polar surface area (TPSA) is 88.6 Å². The monoisotopic (exact) mass is 188 g/mol. The van der Waals surface area contributed by atoms with E-state index in [0.29, 0.717) is 12.2 Å². The summed E-state index contributed by atoms with van der Waals surface area (Å²) in [5.41, 5.74) is 0. The molecule has 0 bridgehead atoms. The highest BCUT2D eigenvalue weighted by Gasteiger charge is 2.31. The minimum absolute atomic E-state index is 0.0613. The van der Waals surface area contributed by atoms with Crippen molar-refractivity contribution in [3.8, 4) is 0 Å². The van der Waals surface area contributed by atoms with Gasteiger partial charge in [-0.2, -0.15) is 5.21 Å². The largest absolute Gasteiger partial charge is 0.229 e. The molecule has 2 heterocycles. The molecular weight excluding hydrogens is 180 g/mol. The highest BCUT2D eigenvalue weighted by atomic mass is 32.2. The molecule has 1 saturated heterocycles. The molecule has 1 aromatic heterocycles. The molecule has 1 fully saturated rings. The number of nitrogens with one attached hydrogen (secondary N) is 1. The van der Waals surface area contributed by atoms with Crippen LogP contribution in [0.4, 0.5) is 0 Å². The van der Waals surface area contributed by atoms with Crippen LogP contribution in [0.1, 0.15) is 18.2 Å². The third-order valence-electron chi connectivity index (χ3n) is 1.96. The normalized spacial score (nSPS) is 27.5. The number of nitrogens with zero attached hydrogens (tertiary/aromatic N) is 3. The molecule has 0 spiro atoms. The van der Waals surface area contributed by atoms with Crippen molar-refractivity contribution in [3.05, 3.63) is 5.82 Å². The zero-order chi connectivity index (χ0) is 8.60. The summed E-state index contributed by atoms with van der Waals surface area (Å²) in [5.74, 6) is 0.850. The summed E-state index contributed by atoms with van der Waals surface area (Å²) >= 11 is 0. The van der Waals surface area contributed by atoms with E-state index in [1.165, 1.54) is 0 Å². The van der Waals surface area contributed by atoms with E-state index in [9.17, 15) is 8.42 Å². The van der Waals surface area contributed by atoms with Gasteiger partial charge in [0, 0.05) is 5.92 Å². The van der Waals surface area contributed by atoms with E-state index >= 15 is 0 Å². The van der Waals surface area contributed by atoms with Crippen LogP contribution in [0.15, 0.2) is 0 Å². The molecule has 7 heteroatoms. The number of aromatic amines is 1. The van der Waals surface area contributed by atoms with Crippen LogP contribution in [0.2, 0.25) is 0 Å². The van der Waals surface area contributed by atoms with Gasteiger partial charge in [-0.25, -0.2) is 8.42 Å². The highest BCUT2D eigenvalue weighted by molar-refractivity contribution is 7.91. The van der Waals surface area contributed by atoms with Crippen molar-refractivity contribution >= 4 is 9.84 Å². The fourth-order valence-electron chi connectivity index (χ4n) is 1.34. The second kappa shape index (κ2) is 2.51. The van der Waals surface area contributed by atoms with Crippen LogP contribution in [-0.2, 0) is 9.84 Å². The second-order valence-electron chi connectivity index (χ2n) is 2.87. The third kappa shape index (κ3) is 1.31. The summed E-state index contributed by atoms with van der Waals surface area (Å²) in [6.07, 6.45) is 0.613. The van der Waals surface area contributed by atoms with Gasteiger partial charge in [-0.15, -0.1) is 10.2 Å². The van der Waals surface area contributed by atoms with Gasteiger partial charge in [0.2, 0.25) is 0 Å². The molecule has 1 aliphatic rings. The van der Waals surface area contributed by atoms with Crippen LogP contribution >= 0.6 is 0 Å². The number of aromatic nitrogens is 4. The van der Waals surface area contributed by atoms with Gasteiger partial charge in [0.15, 0.2) is 15.7 Å². The van der Waals surface area contributed by atoms with Crippen LogP contribution in [-0.4, -0.2) is 40.5 Å². The standard InChI is InChI=1S/C5H8N4O2S/c10-12(11)2-1-4(3-12)5-6-8-9-7-5/h4H,1-3H2,(H,6,7,8,9). The average Bonchev–Trinajstić information content (AvgIpc) is 2.55. The van der Waals surface area contributed by atoms with Gasteiger partial charge < -0.3 is 0 Å². The Morgan fingerprint density at radius 2 is 2.33 bits per heavy atom. The molecule has 0 saturated carbocycles. The number of H-pyrrole nitrogens is 1. The lowest BCUT2D eigenvalue weighted by Crippen LogP contribution is -2.05. The van der Waals surface area contributed by atoms with Crippen LogP contribution < -0.4 is 0 Å². The van der Waals surface area contributed by atoms with E-state index in [2.05, 4.69) is 20.6 Å². The Kier molecular flexibility index (Phi) is 1.60. The van der Waals surface area contributed by atoms with E-state index in [4.69, 9.17) is 0 Å². The average molecular weight is 188 g/mol. The maximum absolute atomic E-state index is 11.0. The smallest absolute Gasteiger partial charge is 0.178 e. The number of hydrogen-bond acceptors (Lipinski definition) is 5. The first-order chi connectivity index (χ1) is 5.67. The minimum atomic E-state index is -2.84. The van der Waals surface area contributed by atoms with Crippen molar-refractivity contribution in [1.82, 2.24) is 20.6 Å². The zero-order valence-electron chi connectivity index (χ0n) is 6.27. The summed E-state index contributed by atoms with van der Waals surface area (Å²) in [4.78, 5) is 0. The Bertz CT molecular complexity index is 357. The Hall–Kier alpha value is -0.980. The van der Waals surface area contributed by atoms with Crippen molar-refractivity contribution < 1.29 is 8.42 Å². The summed E-state index contributed by atoms with van der Waals surface area (Å²) < 4.78 is 22.1. The molecule has 0 amide bonds. The molecule has 2 rings (SSSR count). The first-order valence-corrected chi connectivity index (χ1v) is 5.43. The van der Waals surface area contributed by atoms with Gasteiger partial charge in [0.25, 0.3) is 0 Å². The predicted molar refractivity (Wildman–Crippen MR) is 40.2 cm³/mol. The van der Waals surface area contributed by atoms with Gasteiger partial charge in [-0.3, -0.25) is 0 Å². The van der Waals surface area contributed by atoms with Crippen molar-refractivity contribution in [1.29, 1.82) is 0 Å². The maximum atomic E-state index is 11.0. The van der Waals surface area contributed by atoms with Crippen molar-refractivity contribution in [2.45, 2.75) is 12.3 Å². The number of sulfone groups is 1. The van der Waals surface area contributed by atoms with Crippen molar-refractivity contribution in [2.75, 3.05) is 11.5 Å². The fourth-order valence-corrected chi connectivity index (χ4v) is 3.08. The van der Waals surface area contributed by atoms with E-state index in [1.807, 2.05) is 0 Å². The number of rotatable bonds is 1.